The van der Waals surface area contributed by atoms with Crippen LogP contribution >= 0.6 is 28.3 Å². The molecule has 0 aliphatic rings. The lowest BCUT2D eigenvalue weighted by atomic mass is 10.0. The summed E-state index contributed by atoms with van der Waals surface area (Å²) in [4.78, 5) is 4.66. The van der Waals surface area contributed by atoms with Crippen LogP contribution in [0.5, 0.6) is 0 Å². The Morgan fingerprint density at radius 1 is 0.913 bits per heavy atom. The molecule has 23 heavy (non-hydrogen) atoms. The molecule has 0 amide bonds. The average Bonchev–Trinajstić information content (AvgIpc) is 3.05. The van der Waals surface area contributed by atoms with Crippen molar-refractivity contribution >= 4 is 33.4 Å². The van der Waals surface area contributed by atoms with Crippen LogP contribution in [0.1, 0.15) is 19.8 Å². The molecule has 0 radical (unpaired) electrons. The first kappa shape index (κ1) is 17.7. The Morgan fingerprint density at radius 3 is 2.26 bits per heavy atom. The number of thiazole rings is 1. The van der Waals surface area contributed by atoms with E-state index in [1.165, 1.54) is 29.5 Å². The molecule has 3 rings (SSSR count). The smallest absolute Gasteiger partial charge is 0.183 e. The Hall–Kier alpha value is -1.65. The summed E-state index contributed by atoms with van der Waals surface area (Å²) in [6.07, 6.45) is 2.38. The average molecular weight is 389 g/mol. The first-order chi connectivity index (χ1) is 10.9. The molecule has 0 aliphatic heterocycles. The van der Waals surface area contributed by atoms with E-state index in [0.29, 0.717) is 0 Å². The second-order valence-electron chi connectivity index (χ2n) is 5.26. The van der Waals surface area contributed by atoms with Crippen LogP contribution in [0, 0.1) is 0 Å². The lowest BCUT2D eigenvalue weighted by Crippen LogP contribution is -1.99. The summed E-state index contributed by atoms with van der Waals surface area (Å²) in [7, 11) is 0. The number of rotatable bonds is 6. The van der Waals surface area contributed by atoms with Gasteiger partial charge in [0.05, 0.1) is 5.69 Å². The van der Waals surface area contributed by atoms with Crippen molar-refractivity contribution in [2.45, 2.75) is 19.8 Å². The van der Waals surface area contributed by atoms with Crippen LogP contribution in [-0.4, -0.2) is 11.5 Å². The summed E-state index contributed by atoms with van der Waals surface area (Å²) in [6, 6.07) is 19.1. The number of hydrogen-bond acceptors (Lipinski definition) is 3. The van der Waals surface area contributed by atoms with Crippen LogP contribution in [0.25, 0.3) is 22.4 Å². The van der Waals surface area contributed by atoms with E-state index < -0.39 is 0 Å². The van der Waals surface area contributed by atoms with Crippen LogP contribution in [-0.2, 0) is 0 Å². The monoisotopic (exact) mass is 388 g/mol. The Balaban J connectivity index is 0.00000192. The number of benzene rings is 2. The number of anilines is 1. The Kier molecular flexibility index (Phi) is 6.81. The third-order valence-electron chi connectivity index (χ3n) is 3.60. The Morgan fingerprint density at radius 2 is 1.57 bits per heavy atom. The number of aromatic nitrogens is 1. The van der Waals surface area contributed by atoms with E-state index in [0.717, 1.165) is 17.4 Å². The standard InChI is InChI=1S/C19H20N2S.BrH/c1-2-3-13-20-19-21-18(14-22-19)17-11-9-16(10-12-17)15-7-5-4-6-8-15;/h4-12,14H,2-3,13H2,1H3,(H,20,21);1H. The van der Waals surface area contributed by atoms with Gasteiger partial charge in [0.15, 0.2) is 5.13 Å². The highest BCUT2D eigenvalue weighted by atomic mass is 79.9. The summed E-state index contributed by atoms with van der Waals surface area (Å²) in [5, 5.41) is 6.51. The zero-order valence-corrected chi connectivity index (χ0v) is 15.7. The summed E-state index contributed by atoms with van der Waals surface area (Å²) in [6.45, 7) is 3.19. The molecule has 1 heterocycles. The minimum Gasteiger partial charge on any atom is -0.362 e. The molecule has 0 atom stereocenters. The van der Waals surface area contributed by atoms with Crippen LogP contribution < -0.4 is 5.32 Å². The summed E-state index contributed by atoms with van der Waals surface area (Å²) < 4.78 is 0. The number of halogens is 1. The molecular weight excluding hydrogens is 368 g/mol. The van der Waals surface area contributed by atoms with Gasteiger partial charge in [-0.2, -0.15) is 0 Å². The van der Waals surface area contributed by atoms with Gasteiger partial charge < -0.3 is 5.32 Å². The number of nitrogens with one attached hydrogen (secondary N) is 1. The van der Waals surface area contributed by atoms with E-state index >= 15 is 0 Å². The molecule has 2 aromatic carbocycles. The SMILES string of the molecule is Br.CCCCNc1nc(-c2ccc(-c3ccccc3)cc2)cs1. The molecule has 0 bridgehead atoms. The molecule has 3 aromatic rings. The van der Waals surface area contributed by atoms with E-state index in [1.807, 2.05) is 6.07 Å². The molecule has 0 fully saturated rings. The minimum absolute atomic E-state index is 0. The van der Waals surface area contributed by atoms with E-state index in [1.54, 1.807) is 11.3 Å². The largest absolute Gasteiger partial charge is 0.362 e. The van der Waals surface area contributed by atoms with Crippen molar-refractivity contribution < 1.29 is 0 Å². The van der Waals surface area contributed by atoms with Gasteiger partial charge in [0, 0.05) is 17.5 Å². The molecule has 120 valence electrons. The van der Waals surface area contributed by atoms with Crippen LogP contribution in [0.3, 0.4) is 0 Å². The van der Waals surface area contributed by atoms with Gasteiger partial charge in [-0.3, -0.25) is 0 Å². The first-order valence-corrected chi connectivity index (χ1v) is 8.60. The fourth-order valence-corrected chi connectivity index (χ4v) is 3.07. The summed E-state index contributed by atoms with van der Waals surface area (Å²) >= 11 is 1.67. The van der Waals surface area contributed by atoms with Crippen molar-refractivity contribution in [2.24, 2.45) is 0 Å². The maximum absolute atomic E-state index is 4.66. The van der Waals surface area contributed by atoms with Crippen LogP contribution in [0.4, 0.5) is 5.13 Å². The second kappa shape index (κ2) is 8.85. The molecule has 0 aliphatic carbocycles. The molecule has 0 saturated carbocycles. The number of unbranched alkanes of at least 4 members (excludes halogenated alkanes) is 1. The van der Waals surface area contributed by atoms with E-state index in [4.69, 9.17) is 0 Å². The van der Waals surface area contributed by atoms with E-state index in [9.17, 15) is 0 Å². The quantitative estimate of drug-likeness (QED) is 0.503. The van der Waals surface area contributed by atoms with Gasteiger partial charge in [0.1, 0.15) is 0 Å². The molecule has 0 spiro atoms. The lowest BCUT2D eigenvalue weighted by Gasteiger charge is -2.03. The van der Waals surface area contributed by atoms with Crippen molar-refractivity contribution in [3.63, 3.8) is 0 Å². The van der Waals surface area contributed by atoms with Crippen molar-refractivity contribution in [1.82, 2.24) is 4.98 Å². The highest BCUT2D eigenvalue weighted by molar-refractivity contribution is 8.93. The van der Waals surface area contributed by atoms with Crippen LogP contribution in [0.2, 0.25) is 0 Å². The maximum Gasteiger partial charge on any atom is 0.183 e. The number of hydrogen-bond donors (Lipinski definition) is 1. The summed E-state index contributed by atoms with van der Waals surface area (Å²) in [5.74, 6) is 0. The molecule has 0 saturated heterocycles. The molecule has 2 nitrogen and oxygen atoms in total. The zero-order valence-electron chi connectivity index (χ0n) is 13.2. The van der Waals surface area contributed by atoms with Gasteiger partial charge in [-0.05, 0) is 17.5 Å². The highest BCUT2D eigenvalue weighted by Crippen LogP contribution is 2.27. The predicted octanol–water partition coefficient (Wildman–Crippen LogP) is 6.27. The van der Waals surface area contributed by atoms with Crippen LogP contribution in [0.15, 0.2) is 60.0 Å². The molecule has 1 N–H and O–H groups in total. The normalized spacial score (nSPS) is 10.1. The third-order valence-corrected chi connectivity index (χ3v) is 4.40. The fourth-order valence-electron chi connectivity index (χ4n) is 2.32. The van der Waals surface area contributed by atoms with Crippen molar-refractivity contribution in [3.05, 3.63) is 60.0 Å². The van der Waals surface area contributed by atoms with Crippen molar-refractivity contribution in [2.75, 3.05) is 11.9 Å². The van der Waals surface area contributed by atoms with Gasteiger partial charge in [0.2, 0.25) is 0 Å². The molecule has 0 unspecified atom stereocenters. The van der Waals surface area contributed by atoms with Gasteiger partial charge in [-0.25, -0.2) is 4.98 Å². The van der Waals surface area contributed by atoms with Gasteiger partial charge in [-0.1, -0.05) is 67.9 Å². The maximum atomic E-state index is 4.66. The first-order valence-electron chi connectivity index (χ1n) is 7.72. The minimum atomic E-state index is 0. The second-order valence-corrected chi connectivity index (χ2v) is 6.12. The van der Waals surface area contributed by atoms with Gasteiger partial charge in [0.25, 0.3) is 0 Å². The Bertz CT molecular complexity index is 708. The molecule has 4 heteroatoms. The molecule has 1 aromatic heterocycles. The van der Waals surface area contributed by atoms with Gasteiger partial charge >= 0.3 is 0 Å². The van der Waals surface area contributed by atoms with Crippen molar-refractivity contribution in [3.8, 4) is 22.4 Å². The van der Waals surface area contributed by atoms with Gasteiger partial charge in [-0.15, -0.1) is 28.3 Å². The zero-order chi connectivity index (χ0) is 15.2. The third kappa shape index (κ3) is 4.66. The fraction of sp³-hybridized carbons (Fsp3) is 0.211. The summed E-state index contributed by atoms with van der Waals surface area (Å²) in [5.41, 5.74) is 4.69. The number of nitrogens with zero attached hydrogens (tertiary/aromatic N) is 1. The van der Waals surface area contributed by atoms with E-state index in [-0.39, 0.29) is 17.0 Å². The lowest BCUT2D eigenvalue weighted by molar-refractivity contribution is 0.833. The highest BCUT2D eigenvalue weighted by Gasteiger charge is 2.05. The molecular formula is C19H21BrN2S. The van der Waals surface area contributed by atoms with E-state index in [2.05, 4.69) is 71.1 Å². The predicted molar refractivity (Wildman–Crippen MR) is 107 cm³/mol. The topological polar surface area (TPSA) is 24.9 Å². The Labute approximate surface area is 152 Å². The van der Waals surface area contributed by atoms with Crippen molar-refractivity contribution in [1.29, 1.82) is 0 Å².